The van der Waals surface area contributed by atoms with Gasteiger partial charge in [0.2, 0.25) is 0 Å². The molecule has 0 bridgehead atoms. The molecule has 86 valence electrons. The molecule has 0 aliphatic heterocycles. The summed E-state index contributed by atoms with van der Waals surface area (Å²) in [6.45, 7) is 0. The Morgan fingerprint density at radius 3 is 2.71 bits per heavy atom. The SMILES string of the molecule is Ic1cc2sc(C3(c4nn[nH]n4)CC3)cc2s1. The van der Waals surface area contributed by atoms with Crippen molar-refractivity contribution < 1.29 is 0 Å². The first-order valence-corrected chi connectivity index (χ1v) is 7.92. The fourth-order valence-corrected chi connectivity index (χ4v) is 5.71. The molecular formula is C10H7IN4S2. The smallest absolute Gasteiger partial charge is 0.177 e. The molecule has 1 N–H and O–H groups in total. The van der Waals surface area contributed by atoms with Crippen molar-refractivity contribution in [2.75, 3.05) is 0 Å². The minimum absolute atomic E-state index is 0.0574. The van der Waals surface area contributed by atoms with Gasteiger partial charge in [0.25, 0.3) is 0 Å². The van der Waals surface area contributed by atoms with Gasteiger partial charge in [0, 0.05) is 14.3 Å². The lowest BCUT2D eigenvalue weighted by molar-refractivity contribution is 0.775. The van der Waals surface area contributed by atoms with Crippen LogP contribution in [0.5, 0.6) is 0 Å². The first-order valence-electron chi connectivity index (χ1n) is 5.21. The number of fused-ring (bicyclic) bond motifs is 1. The van der Waals surface area contributed by atoms with Gasteiger partial charge in [-0.2, -0.15) is 5.21 Å². The van der Waals surface area contributed by atoms with E-state index in [1.165, 1.54) is 17.2 Å². The first kappa shape index (κ1) is 10.4. The Balaban J connectivity index is 1.86. The number of aromatic nitrogens is 4. The van der Waals surface area contributed by atoms with Crippen LogP contribution >= 0.6 is 45.3 Å². The number of thiophene rings is 2. The number of hydrogen-bond acceptors (Lipinski definition) is 5. The molecule has 3 aromatic rings. The maximum atomic E-state index is 4.16. The lowest BCUT2D eigenvalue weighted by Gasteiger charge is -2.06. The largest absolute Gasteiger partial charge is 0.185 e. The van der Waals surface area contributed by atoms with Crippen LogP contribution in [0.1, 0.15) is 23.5 Å². The summed E-state index contributed by atoms with van der Waals surface area (Å²) in [6, 6.07) is 4.55. The van der Waals surface area contributed by atoms with Crippen LogP contribution in [0.3, 0.4) is 0 Å². The second-order valence-electron chi connectivity index (χ2n) is 4.21. The van der Waals surface area contributed by atoms with E-state index in [1.807, 2.05) is 22.7 Å². The molecule has 3 aromatic heterocycles. The van der Waals surface area contributed by atoms with E-state index in [0.717, 1.165) is 18.7 Å². The average Bonchev–Trinajstić information content (AvgIpc) is 2.67. The molecule has 1 aliphatic carbocycles. The van der Waals surface area contributed by atoms with Crippen molar-refractivity contribution in [2.24, 2.45) is 0 Å². The summed E-state index contributed by atoms with van der Waals surface area (Å²) in [6.07, 6.45) is 2.27. The standard InChI is InChI=1S/C10H7IN4S2/c11-8-4-6-5(17-8)3-7(16-6)10(1-2-10)9-12-14-15-13-9/h3-4H,1-2H2,(H,12,13,14,15). The molecule has 0 amide bonds. The van der Waals surface area contributed by atoms with E-state index in [1.54, 1.807) is 0 Å². The van der Waals surface area contributed by atoms with Crippen molar-refractivity contribution in [1.82, 2.24) is 20.6 Å². The molecule has 1 aliphatic rings. The van der Waals surface area contributed by atoms with E-state index < -0.39 is 0 Å². The summed E-state index contributed by atoms with van der Waals surface area (Å²) in [5.74, 6) is 0.848. The van der Waals surface area contributed by atoms with Gasteiger partial charge < -0.3 is 0 Å². The van der Waals surface area contributed by atoms with Gasteiger partial charge in [-0.1, -0.05) is 5.21 Å². The first-order chi connectivity index (χ1) is 8.28. The summed E-state index contributed by atoms with van der Waals surface area (Å²) < 4.78 is 4.10. The average molecular weight is 374 g/mol. The van der Waals surface area contributed by atoms with E-state index in [9.17, 15) is 0 Å². The van der Waals surface area contributed by atoms with Gasteiger partial charge in [-0.3, -0.25) is 0 Å². The molecule has 7 heteroatoms. The molecule has 0 unspecified atom stereocenters. The highest BCUT2D eigenvalue weighted by Crippen LogP contribution is 2.55. The van der Waals surface area contributed by atoms with Crippen LogP contribution < -0.4 is 0 Å². The zero-order valence-electron chi connectivity index (χ0n) is 8.61. The van der Waals surface area contributed by atoms with E-state index in [4.69, 9.17) is 0 Å². The quantitative estimate of drug-likeness (QED) is 0.702. The highest BCUT2D eigenvalue weighted by atomic mass is 127. The van der Waals surface area contributed by atoms with Crippen LogP contribution in [0.25, 0.3) is 9.40 Å². The van der Waals surface area contributed by atoms with Crippen molar-refractivity contribution >= 4 is 54.7 Å². The number of hydrogen-bond donors (Lipinski definition) is 1. The van der Waals surface area contributed by atoms with Gasteiger partial charge in [0.05, 0.1) is 8.30 Å². The Morgan fingerprint density at radius 2 is 2.06 bits per heavy atom. The molecule has 0 atom stereocenters. The number of nitrogens with zero attached hydrogens (tertiary/aromatic N) is 3. The van der Waals surface area contributed by atoms with Crippen LogP contribution in [0.2, 0.25) is 0 Å². The molecule has 17 heavy (non-hydrogen) atoms. The van der Waals surface area contributed by atoms with Gasteiger partial charge in [-0.15, -0.1) is 32.9 Å². The fourth-order valence-electron chi connectivity index (χ4n) is 2.11. The number of nitrogens with one attached hydrogen (secondary N) is 1. The Morgan fingerprint density at radius 1 is 1.24 bits per heavy atom. The van der Waals surface area contributed by atoms with Gasteiger partial charge in [0.15, 0.2) is 5.82 Å². The van der Waals surface area contributed by atoms with Crippen LogP contribution in [0.4, 0.5) is 0 Å². The molecule has 3 heterocycles. The lowest BCUT2D eigenvalue weighted by Crippen LogP contribution is -2.08. The maximum absolute atomic E-state index is 4.16. The predicted molar refractivity (Wildman–Crippen MR) is 76.6 cm³/mol. The van der Waals surface area contributed by atoms with Crippen LogP contribution in [-0.2, 0) is 5.41 Å². The van der Waals surface area contributed by atoms with E-state index in [2.05, 4.69) is 55.3 Å². The van der Waals surface area contributed by atoms with Gasteiger partial charge in [-0.05, 0) is 47.6 Å². The maximum Gasteiger partial charge on any atom is 0.185 e. The molecule has 1 fully saturated rings. The normalized spacial score (nSPS) is 17.7. The minimum Gasteiger partial charge on any atom is -0.177 e. The minimum atomic E-state index is 0.0574. The third-order valence-electron chi connectivity index (χ3n) is 3.17. The molecule has 0 radical (unpaired) electrons. The highest BCUT2D eigenvalue weighted by molar-refractivity contribution is 14.1. The Kier molecular flexibility index (Phi) is 2.13. The lowest BCUT2D eigenvalue weighted by atomic mass is 10.1. The highest BCUT2D eigenvalue weighted by Gasteiger charge is 2.50. The number of tetrazole rings is 1. The summed E-state index contributed by atoms with van der Waals surface area (Å²) in [4.78, 5) is 1.39. The van der Waals surface area contributed by atoms with Crippen LogP contribution in [0, 0.1) is 2.88 Å². The molecule has 0 spiro atoms. The van der Waals surface area contributed by atoms with E-state index in [0.29, 0.717) is 0 Å². The number of aromatic amines is 1. The second-order valence-corrected chi connectivity index (χ2v) is 8.27. The molecule has 0 aromatic carbocycles. The topological polar surface area (TPSA) is 54.5 Å². The molecule has 4 rings (SSSR count). The third kappa shape index (κ3) is 1.48. The van der Waals surface area contributed by atoms with Crippen molar-refractivity contribution in [1.29, 1.82) is 0 Å². The zero-order valence-corrected chi connectivity index (χ0v) is 12.4. The Hall–Kier alpha value is -0.540. The van der Waals surface area contributed by atoms with E-state index in [-0.39, 0.29) is 5.41 Å². The summed E-state index contributed by atoms with van der Waals surface area (Å²) in [7, 11) is 0. The number of H-pyrrole nitrogens is 1. The van der Waals surface area contributed by atoms with Crippen LogP contribution in [0.15, 0.2) is 12.1 Å². The zero-order chi connectivity index (χ0) is 11.5. The monoisotopic (exact) mass is 374 g/mol. The van der Waals surface area contributed by atoms with Gasteiger partial charge in [-0.25, -0.2) is 0 Å². The summed E-state index contributed by atoms with van der Waals surface area (Å²) in [5.41, 5.74) is 0.0574. The predicted octanol–water partition coefficient (Wildman–Crippen LogP) is 3.16. The molecule has 1 saturated carbocycles. The number of rotatable bonds is 2. The molecule has 4 nitrogen and oxygen atoms in total. The fraction of sp³-hybridized carbons (Fsp3) is 0.300. The summed E-state index contributed by atoms with van der Waals surface area (Å²) in [5, 5.41) is 14.6. The second kappa shape index (κ2) is 3.48. The Labute approximate surface area is 119 Å². The van der Waals surface area contributed by atoms with Gasteiger partial charge in [0.1, 0.15) is 0 Å². The van der Waals surface area contributed by atoms with Gasteiger partial charge >= 0.3 is 0 Å². The Bertz CT molecular complexity index is 649. The number of halogens is 1. The van der Waals surface area contributed by atoms with Crippen LogP contribution in [-0.4, -0.2) is 20.6 Å². The van der Waals surface area contributed by atoms with E-state index >= 15 is 0 Å². The third-order valence-corrected chi connectivity index (χ3v) is 6.43. The summed E-state index contributed by atoms with van der Waals surface area (Å²) >= 11 is 6.09. The van der Waals surface area contributed by atoms with Crippen molar-refractivity contribution in [2.45, 2.75) is 18.3 Å². The van der Waals surface area contributed by atoms with Crippen molar-refractivity contribution in [3.63, 3.8) is 0 Å². The molecule has 0 saturated heterocycles. The van der Waals surface area contributed by atoms with Crippen molar-refractivity contribution in [3.05, 3.63) is 25.7 Å². The molecular weight excluding hydrogens is 367 g/mol. The van der Waals surface area contributed by atoms with Crippen molar-refractivity contribution in [3.8, 4) is 0 Å².